The number of hydrogen-bond acceptors (Lipinski definition) is 4. The molecule has 0 aliphatic carbocycles. The zero-order valence-corrected chi connectivity index (χ0v) is 12.5. The summed E-state index contributed by atoms with van der Waals surface area (Å²) < 4.78 is 11.1. The Hall–Kier alpha value is -1.43. The van der Waals surface area contributed by atoms with Crippen molar-refractivity contribution in [2.24, 2.45) is 11.8 Å². The van der Waals surface area contributed by atoms with Crippen LogP contribution in [-0.4, -0.2) is 25.7 Å². The van der Waals surface area contributed by atoms with Gasteiger partial charge in [0.05, 0.1) is 19.1 Å². The highest BCUT2D eigenvalue weighted by Gasteiger charge is 2.15. The summed E-state index contributed by atoms with van der Waals surface area (Å²) in [6, 6.07) is 7.90. The zero-order valence-electron chi connectivity index (χ0n) is 12.5. The Morgan fingerprint density at radius 2 is 2.05 bits per heavy atom. The molecular formula is C16H24N2O3. The number of amides is 1. The van der Waals surface area contributed by atoms with Crippen LogP contribution < -0.4 is 11.3 Å². The molecular weight excluding hydrogens is 268 g/mol. The van der Waals surface area contributed by atoms with E-state index in [4.69, 9.17) is 15.3 Å². The third-order valence-corrected chi connectivity index (χ3v) is 3.98. The fraction of sp³-hybridized carbons (Fsp3) is 0.562. The summed E-state index contributed by atoms with van der Waals surface area (Å²) in [4.78, 5) is 11.5. The molecule has 1 atom stereocenters. The van der Waals surface area contributed by atoms with Gasteiger partial charge >= 0.3 is 0 Å². The number of carbonyl (C=O) groups excluding carboxylic acids is 1. The Bertz CT molecular complexity index is 441. The minimum Gasteiger partial charge on any atom is -0.381 e. The van der Waals surface area contributed by atoms with Crippen molar-refractivity contribution < 1.29 is 14.3 Å². The SMILES string of the molecule is CC(C(=O)NN)c1ccc(COCC2CCOCC2)cc1. The molecule has 0 radical (unpaired) electrons. The predicted molar refractivity (Wildman–Crippen MR) is 80.4 cm³/mol. The first kappa shape index (κ1) is 15.9. The predicted octanol–water partition coefficient (Wildman–Crippen LogP) is 1.72. The van der Waals surface area contributed by atoms with Gasteiger partial charge in [0.25, 0.3) is 0 Å². The maximum absolute atomic E-state index is 11.5. The molecule has 21 heavy (non-hydrogen) atoms. The van der Waals surface area contributed by atoms with Crippen molar-refractivity contribution in [3.05, 3.63) is 35.4 Å². The van der Waals surface area contributed by atoms with Gasteiger partial charge in [-0.3, -0.25) is 10.2 Å². The van der Waals surface area contributed by atoms with Crippen LogP contribution in [0.25, 0.3) is 0 Å². The van der Waals surface area contributed by atoms with Crippen LogP contribution in [0.2, 0.25) is 0 Å². The molecule has 1 unspecified atom stereocenters. The molecule has 0 spiro atoms. The second-order valence-corrected chi connectivity index (χ2v) is 5.54. The number of hydrogen-bond donors (Lipinski definition) is 2. The molecule has 1 heterocycles. The van der Waals surface area contributed by atoms with Gasteiger partial charge in [-0.15, -0.1) is 0 Å². The molecule has 1 aromatic carbocycles. The van der Waals surface area contributed by atoms with Crippen molar-refractivity contribution in [2.45, 2.75) is 32.3 Å². The summed E-state index contributed by atoms with van der Waals surface area (Å²) in [6.45, 7) is 4.93. The lowest BCUT2D eigenvalue weighted by Crippen LogP contribution is -2.33. The van der Waals surface area contributed by atoms with Crippen LogP contribution >= 0.6 is 0 Å². The molecule has 1 fully saturated rings. The van der Waals surface area contributed by atoms with Gasteiger partial charge in [-0.05, 0) is 36.8 Å². The molecule has 2 rings (SSSR count). The number of hydrazine groups is 1. The molecule has 1 aliphatic rings. The smallest absolute Gasteiger partial charge is 0.241 e. The topological polar surface area (TPSA) is 73.6 Å². The number of benzene rings is 1. The quantitative estimate of drug-likeness (QED) is 0.476. The van der Waals surface area contributed by atoms with E-state index in [2.05, 4.69) is 5.43 Å². The summed E-state index contributed by atoms with van der Waals surface area (Å²) in [5.41, 5.74) is 4.24. The van der Waals surface area contributed by atoms with Crippen LogP contribution in [0.4, 0.5) is 0 Å². The highest BCUT2D eigenvalue weighted by atomic mass is 16.5. The molecule has 5 nitrogen and oxygen atoms in total. The third-order valence-electron chi connectivity index (χ3n) is 3.98. The first-order valence-electron chi connectivity index (χ1n) is 7.45. The number of nitrogens with one attached hydrogen (secondary N) is 1. The number of ether oxygens (including phenoxy) is 2. The highest BCUT2D eigenvalue weighted by Crippen LogP contribution is 2.18. The summed E-state index contributed by atoms with van der Waals surface area (Å²) in [7, 11) is 0. The Kier molecular flexibility index (Phi) is 6.17. The largest absolute Gasteiger partial charge is 0.381 e. The molecule has 1 amide bonds. The summed E-state index contributed by atoms with van der Waals surface area (Å²) in [5.74, 6) is 5.34. The Labute approximate surface area is 125 Å². The summed E-state index contributed by atoms with van der Waals surface area (Å²) >= 11 is 0. The Balaban J connectivity index is 1.78. The first-order chi connectivity index (χ1) is 10.2. The lowest BCUT2D eigenvalue weighted by atomic mass is 9.99. The van der Waals surface area contributed by atoms with Crippen LogP contribution in [0.3, 0.4) is 0 Å². The molecule has 5 heteroatoms. The second-order valence-electron chi connectivity index (χ2n) is 5.54. The molecule has 0 saturated carbocycles. The minimum absolute atomic E-state index is 0.182. The lowest BCUT2D eigenvalue weighted by Gasteiger charge is -2.21. The van der Waals surface area contributed by atoms with Gasteiger partial charge in [0, 0.05) is 13.2 Å². The van der Waals surface area contributed by atoms with E-state index >= 15 is 0 Å². The van der Waals surface area contributed by atoms with Crippen LogP contribution in [0.1, 0.15) is 36.8 Å². The number of carbonyl (C=O) groups is 1. The maximum Gasteiger partial charge on any atom is 0.241 e. The Morgan fingerprint density at radius 1 is 1.38 bits per heavy atom. The van der Waals surface area contributed by atoms with Crippen LogP contribution in [0.15, 0.2) is 24.3 Å². The van der Waals surface area contributed by atoms with Crippen molar-refractivity contribution in [1.82, 2.24) is 5.43 Å². The summed E-state index contributed by atoms with van der Waals surface area (Å²) in [5, 5.41) is 0. The van der Waals surface area contributed by atoms with E-state index < -0.39 is 0 Å². The molecule has 1 aromatic rings. The van der Waals surface area contributed by atoms with Gasteiger partial charge in [0.15, 0.2) is 0 Å². The average Bonchev–Trinajstić information content (AvgIpc) is 2.55. The lowest BCUT2D eigenvalue weighted by molar-refractivity contribution is -0.122. The highest BCUT2D eigenvalue weighted by molar-refractivity contribution is 5.82. The van der Waals surface area contributed by atoms with E-state index in [9.17, 15) is 4.79 Å². The van der Waals surface area contributed by atoms with Crippen molar-refractivity contribution in [3.8, 4) is 0 Å². The first-order valence-corrected chi connectivity index (χ1v) is 7.45. The summed E-state index contributed by atoms with van der Waals surface area (Å²) in [6.07, 6.45) is 2.18. The van der Waals surface area contributed by atoms with Crippen molar-refractivity contribution in [1.29, 1.82) is 0 Å². The van der Waals surface area contributed by atoms with Crippen molar-refractivity contribution in [2.75, 3.05) is 19.8 Å². The normalized spacial score (nSPS) is 17.4. The van der Waals surface area contributed by atoms with Crippen molar-refractivity contribution >= 4 is 5.91 Å². The van der Waals surface area contributed by atoms with Gasteiger partial charge in [-0.2, -0.15) is 0 Å². The van der Waals surface area contributed by atoms with Gasteiger partial charge in [-0.1, -0.05) is 24.3 Å². The fourth-order valence-electron chi connectivity index (χ4n) is 2.44. The second kappa shape index (κ2) is 8.12. The molecule has 1 saturated heterocycles. The maximum atomic E-state index is 11.5. The van der Waals surface area contributed by atoms with E-state index in [1.807, 2.05) is 31.2 Å². The van der Waals surface area contributed by atoms with Crippen LogP contribution in [-0.2, 0) is 20.9 Å². The van der Waals surface area contributed by atoms with E-state index in [1.165, 1.54) is 0 Å². The molecule has 0 bridgehead atoms. The molecule has 1 aliphatic heterocycles. The molecule has 116 valence electrons. The third kappa shape index (κ3) is 4.81. The van der Waals surface area contributed by atoms with Crippen LogP contribution in [0, 0.1) is 5.92 Å². The van der Waals surface area contributed by atoms with Crippen LogP contribution in [0.5, 0.6) is 0 Å². The van der Waals surface area contributed by atoms with E-state index in [0.29, 0.717) is 12.5 Å². The molecule has 0 aromatic heterocycles. The minimum atomic E-state index is -0.243. The van der Waals surface area contributed by atoms with E-state index in [0.717, 1.165) is 43.8 Å². The van der Waals surface area contributed by atoms with Gasteiger partial charge in [0.1, 0.15) is 0 Å². The number of rotatable bonds is 6. The fourth-order valence-corrected chi connectivity index (χ4v) is 2.44. The average molecular weight is 292 g/mol. The van der Waals surface area contributed by atoms with Gasteiger partial charge in [0.2, 0.25) is 5.91 Å². The van der Waals surface area contributed by atoms with E-state index in [-0.39, 0.29) is 11.8 Å². The standard InChI is InChI=1S/C16H24N2O3/c1-12(16(19)18-17)15-4-2-13(3-5-15)10-21-11-14-6-8-20-9-7-14/h2-5,12,14H,6-11,17H2,1H3,(H,18,19). The zero-order chi connectivity index (χ0) is 15.1. The van der Waals surface area contributed by atoms with Gasteiger partial charge in [-0.25, -0.2) is 5.84 Å². The van der Waals surface area contributed by atoms with Gasteiger partial charge < -0.3 is 9.47 Å². The molecule has 3 N–H and O–H groups in total. The number of nitrogens with two attached hydrogens (primary N) is 1. The van der Waals surface area contributed by atoms with Crippen molar-refractivity contribution in [3.63, 3.8) is 0 Å². The van der Waals surface area contributed by atoms with E-state index in [1.54, 1.807) is 0 Å². The monoisotopic (exact) mass is 292 g/mol. The Morgan fingerprint density at radius 3 is 2.67 bits per heavy atom.